The minimum Gasteiger partial charge on any atom is -0.491 e. The number of ether oxygens (including phenoxy) is 1. The summed E-state index contributed by atoms with van der Waals surface area (Å²) in [5.74, 6) is 0.851. The van der Waals surface area contributed by atoms with Crippen molar-refractivity contribution in [2.24, 2.45) is 5.92 Å². The highest BCUT2D eigenvalue weighted by Crippen LogP contribution is 2.34. The fraction of sp³-hybridized carbons (Fsp3) is 0.417. The van der Waals surface area contributed by atoms with Gasteiger partial charge in [0.15, 0.2) is 0 Å². The Morgan fingerprint density at radius 3 is 2.74 bits per heavy atom. The van der Waals surface area contributed by atoms with Crippen molar-refractivity contribution in [3.63, 3.8) is 0 Å². The molecule has 2 amide bonds. The van der Waals surface area contributed by atoms with Gasteiger partial charge in [-0.1, -0.05) is 31.5 Å². The standard InChI is InChI=1S/C24H29ClN2O3S/c1-4-11-26(23(28)14-17(2)3)15-24(29)27-12-9-22-20(10-13-31-22)21(27)16-30-19-7-5-18(25)6-8-19/h4-8,10,13,17,21H,1,9,11-12,14-16H2,2-3H3/t21-/m0/s1. The van der Waals surface area contributed by atoms with E-state index in [9.17, 15) is 9.59 Å². The molecule has 1 aromatic heterocycles. The largest absolute Gasteiger partial charge is 0.491 e. The maximum atomic E-state index is 13.3. The topological polar surface area (TPSA) is 49.9 Å². The second kappa shape index (κ2) is 10.8. The van der Waals surface area contributed by atoms with Gasteiger partial charge in [-0.05, 0) is 53.6 Å². The van der Waals surface area contributed by atoms with Crippen molar-refractivity contribution in [2.45, 2.75) is 32.7 Å². The summed E-state index contributed by atoms with van der Waals surface area (Å²) in [6.07, 6.45) is 2.90. The normalized spacial score (nSPS) is 15.5. The van der Waals surface area contributed by atoms with Gasteiger partial charge >= 0.3 is 0 Å². The van der Waals surface area contributed by atoms with E-state index >= 15 is 0 Å². The Morgan fingerprint density at radius 2 is 2.06 bits per heavy atom. The van der Waals surface area contributed by atoms with E-state index in [-0.39, 0.29) is 30.3 Å². The average molecular weight is 461 g/mol. The van der Waals surface area contributed by atoms with Gasteiger partial charge in [-0.3, -0.25) is 9.59 Å². The molecule has 1 aliphatic rings. The van der Waals surface area contributed by atoms with Crippen LogP contribution in [0.25, 0.3) is 0 Å². The van der Waals surface area contributed by atoms with Crippen LogP contribution in [0.3, 0.4) is 0 Å². The molecule has 0 saturated carbocycles. The summed E-state index contributed by atoms with van der Waals surface area (Å²) < 4.78 is 6.02. The van der Waals surface area contributed by atoms with Gasteiger partial charge in [-0.25, -0.2) is 0 Å². The fourth-order valence-corrected chi connectivity index (χ4v) is 4.78. The van der Waals surface area contributed by atoms with Crippen molar-refractivity contribution in [3.05, 3.63) is 63.8 Å². The molecule has 2 heterocycles. The molecule has 0 N–H and O–H groups in total. The molecule has 0 radical (unpaired) electrons. The maximum absolute atomic E-state index is 13.3. The van der Waals surface area contributed by atoms with Crippen LogP contribution >= 0.6 is 22.9 Å². The lowest BCUT2D eigenvalue weighted by molar-refractivity contribution is -0.142. The SMILES string of the molecule is C=CCN(CC(=O)N1CCc2sccc2[C@@H]1COc1ccc(Cl)cc1)C(=O)CC(C)C. The highest BCUT2D eigenvalue weighted by atomic mass is 35.5. The van der Waals surface area contributed by atoms with Crippen LogP contribution in [0.15, 0.2) is 48.4 Å². The van der Waals surface area contributed by atoms with E-state index in [0.717, 1.165) is 12.0 Å². The number of thiophene rings is 1. The van der Waals surface area contributed by atoms with E-state index in [0.29, 0.717) is 36.9 Å². The monoisotopic (exact) mass is 460 g/mol. The quantitative estimate of drug-likeness (QED) is 0.496. The predicted octanol–water partition coefficient (Wildman–Crippen LogP) is 4.97. The highest BCUT2D eigenvalue weighted by Gasteiger charge is 2.33. The van der Waals surface area contributed by atoms with Crippen molar-refractivity contribution in [3.8, 4) is 5.75 Å². The van der Waals surface area contributed by atoms with Gasteiger partial charge in [0, 0.05) is 29.4 Å². The summed E-state index contributed by atoms with van der Waals surface area (Å²) in [4.78, 5) is 30.6. The number of carbonyl (C=O) groups excluding carboxylic acids is 2. The lowest BCUT2D eigenvalue weighted by Crippen LogP contribution is -2.48. The smallest absolute Gasteiger partial charge is 0.242 e. The van der Waals surface area contributed by atoms with Gasteiger partial charge in [0.1, 0.15) is 18.9 Å². The molecule has 1 aliphatic heterocycles. The van der Waals surface area contributed by atoms with Gasteiger partial charge in [0.2, 0.25) is 11.8 Å². The molecule has 1 atom stereocenters. The van der Waals surface area contributed by atoms with Crippen LogP contribution in [0.4, 0.5) is 0 Å². The molecule has 0 spiro atoms. The van der Waals surface area contributed by atoms with Crippen LogP contribution in [-0.2, 0) is 16.0 Å². The maximum Gasteiger partial charge on any atom is 0.242 e. The van der Waals surface area contributed by atoms with Crippen molar-refractivity contribution in [1.82, 2.24) is 9.80 Å². The predicted molar refractivity (Wildman–Crippen MR) is 126 cm³/mol. The zero-order valence-electron chi connectivity index (χ0n) is 18.1. The van der Waals surface area contributed by atoms with Crippen LogP contribution < -0.4 is 4.74 Å². The number of amides is 2. The first kappa shape index (κ1) is 23.4. The zero-order chi connectivity index (χ0) is 22.4. The third-order valence-corrected chi connectivity index (χ3v) is 6.50. The van der Waals surface area contributed by atoms with Crippen molar-refractivity contribution in [1.29, 1.82) is 0 Å². The van der Waals surface area contributed by atoms with E-state index in [1.165, 1.54) is 4.88 Å². The number of benzene rings is 1. The summed E-state index contributed by atoms with van der Waals surface area (Å²) in [7, 11) is 0. The molecular formula is C24H29ClN2O3S. The Bertz CT molecular complexity index is 910. The van der Waals surface area contributed by atoms with E-state index < -0.39 is 0 Å². The van der Waals surface area contributed by atoms with Gasteiger partial charge < -0.3 is 14.5 Å². The molecule has 0 unspecified atom stereocenters. The highest BCUT2D eigenvalue weighted by molar-refractivity contribution is 7.10. The molecule has 166 valence electrons. The van der Waals surface area contributed by atoms with Gasteiger partial charge in [-0.15, -0.1) is 17.9 Å². The van der Waals surface area contributed by atoms with Crippen molar-refractivity contribution < 1.29 is 14.3 Å². The summed E-state index contributed by atoms with van der Waals surface area (Å²) in [6, 6.07) is 9.09. The van der Waals surface area contributed by atoms with E-state index in [4.69, 9.17) is 16.3 Å². The van der Waals surface area contributed by atoms with E-state index in [1.807, 2.05) is 30.9 Å². The fourth-order valence-electron chi connectivity index (χ4n) is 3.72. The third kappa shape index (κ3) is 6.11. The van der Waals surface area contributed by atoms with Crippen LogP contribution in [0, 0.1) is 5.92 Å². The van der Waals surface area contributed by atoms with Gasteiger partial charge in [0.25, 0.3) is 0 Å². The first-order chi connectivity index (χ1) is 14.9. The second-order valence-electron chi connectivity index (χ2n) is 8.08. The molecule has 0 fully saturated rings. The number of hydrogen-bond acceptors (Lipinski definition) is 4. The van der Waals surface area contributed by atoms with Crippen molar-refractivity contribution >= 4 is 34.8 Å². The number of rotatable bonds is 9. The lowest BCUT2D eigenvalue weighted by atomic mass is 10.0. The number of fused-ring (bicyclic) bond motifs is 1. The van der Waals surface area contributed by atoms with Crippen LogP contribution in [0.2, 0.25) is 5.02 Å². The van der Waals surface area contributed by atoms with Crippen molar-refractivity contribution in [2.75, 3.05) is 26.2 Å². The minimum atomic E-state index is -0.191. The van der Waals surface area contributed by atoms with Crippen LogP contribution in [0.1, 0.15) is 36.8 Å². The summed E-state index contributed by atoms with van der Waals surface area (Å²) >= 11 is 7.67. The Balaban J connectivity index is 1.75. The molecule has 3 rings (SSSR count). The second-order valence-corrected chi connectivity index (χ2v) is 9.51. The Kier molecular flexibility index (Phi) is 8.15. The Morgan fingerprint density at radius 1 is 1.32 bits per heavy atom. The molecule has 2 aromatic rings. The average Bonchev–Trinajstić information content (AvgIpc) is 3.21. The third-order valence-electron chi connectivity index (χ3n) is 5.25. The molecule has 0 saturated heterocycles. The zero-order valence-corrected chi connectivity index (χ0v) is 19.6. The molecular weight excluding hydrogens is 432 g/mol. The van der Waals surface area contributed by atoms with Gasteiger partial charge in [-0.2, -0.15) is 0 Å². The number of carbonyl (C=O) groups is 2. The molecule has 31 heavy (non-hydrogen) atoms. The van der Waals surface area contributed by atoms with Crippen LogP contribution in [-0.4, -0.2) is 47.9 Å². The first-order valence-corrected chi connectivity index (χ1v) is 11.8. The first-order valence-electron chi connectivity index (χ1n) is 10.5. The molecule has 5 nitrogen and oxygen atoms in total. The van der Waals surface area contributed by atoms with E-state index in [2.05, 4.69) is 18.0 Å². The molecule has 0 aliphatic carbocycles. The summed E-state index contributed by atoms with van der Waals surface area (Å²) in [5.41, 5.74) is 1.13. The van der Waals surface area contributed by atoms with E-state index in [1.54, 1.807) is 34.4 Å². The molecule has 0 bridgehead atoms. The lowest BCUT2D eigenvalue weighted by Gasteiger charge is -2.37. The van der Waals surface area contributed by atoms with Gasteiger partial charge in [0.05, 0.1) is 6.04 Å². The Labute approximate surface area is 193 Å². The molecule has 7 heteroatoms. The summed E-state index contributed by atoms with van der Waals surface area (Å²) in [5, 5.41) is 2.71. The number of hydrogen-bond donors (Lipinski definition) is 0. The summed E-state index contributed by atoms with van der Waals surface area (Å²) in [6.45, 7) is 9.11. The molecule has 1 aromatic carbocycles. The minimum absolute atomic E-state index is 0.0227. The van der Waals surface area contributed by atoms with Crippen LogP contribution in [0.5, 0.6) is 5.75 Å². The number of halogens is 1. The Hall–Kier alpha value is -2.31. The number of nitrogens with zero attached hydrogens (tertiary/aromatic N) is 2.